The maximum Gasteiger partial charge on any atom is 0.224 e. The van der Waals surface area contributed by atoms with Gasteiger partial charge in [0, 0.05) is 17.1 Å². The van der Waals surface area contributed by atoms with E-state index in [1.165, 1.54) is 0 Å². The van der Waals surface area contributed by atoms with E-state index in [-0.39, 0.29) is 12.3 Å². The van der Waals surface area contributed by atoms with Crippen LogP contribution >= 0.6 is 11.6 Å². The first kappa shape index (κ1) is 16.1. The Morgan fingerprint density at radius 1 is 1.38 bits per heavy atom. The Morgan fingerprint density at radius 2 is 2.10 bits per heavy atom. The average molecular weight is 312 g/mol. The van der Waals surface area contributed by atoms with Crippen LogP contribution in [0.4, 0.5) is 0 Å². The van der Waals surface area contributed by atoms with Crippen molar-refractivity contribution >= 4 is 17.5 Å². The molecular weight excluding hydrogens is 290 g/mol. The van der Waals surface area contributed by atoms with E-state index in [1.54, 1.807) is 25.3 Å². The van der Waals surface area contributed by atoms with Crippen LogP contribution in [0, 0.1) is 0 Å². The third-order valence-corrected chi connectivity index (χ3v) is 4.23. The van der Waals surface area contributed by atoms with Gasteiger partial charge in [0.1, 0.15) is 5.75 Å². The van der Waals surface area contributed by atoms with Crippen molar-refractivity contribution in [3.63, 3.8) is 0 Å². The molecule has 2 N–H and O–H groups in total. The molecule has 116 valence electrons. The summed E-state index contributed by atoms with van der Waals surface area (Å²) < 4.78 is 5.23. The smallest absolute Gasteiger partial charge is 0.224 e. The maximum absolute atomic E-state index is 12.1. The third-order valence-electron chi connectivity index (χ3n) is 3.99. The van der Waals surface area contributed by atoms with Crippen molar-refractivity contribution in [3.05, 3.63) is 28.8 Å². The number of amides is 1. The highest BCUT2D eigenvalue weighted by molar-refractivity contribution is 6.30. The highest BCUT2D eigenvalue weighted by Gasteiger charge is 2.29. The Kier molecular flexibility index (Phi) is 5.48. The Balaban J connectivity index is 1.91. The van der Waals surface area contributed by atoms with Gasteiger partial charge >= 0.3 is 0 Å². The molecule has 0 unspecified atom stereocenters. The molecule has 5 heteroatoms. The van der Waals surface area contributed by atoms with E-state index in [9.17, 15) is 9.90 Å². The number of carbonyl (C=O) groups is 1. The van der Waals surface area contributed by atoms with Gasteiger partial charge in [-0.1, -0.05) is 30.9 Å². The number of hydrogen-bond donors (Lipinski definition) is 2. The molecule has 0 saturated heterocycles. The summed E-state index contributed by atoms with van der Waals surface area (Å²) in [5, 5.41) is 13.8. The van der Waals surface area contributed by atoms with Crippen molar-refractivity contribution in [2.75, 3.05) is 13.7 Å². The summed E-state index contributed by atoms with van der Waals surface area (Å²) >= 11 is 5.95. The average Bonchev–Trinajstić information content (AvgIpc) is 2.46. The second-order valence-corrected chi connectivity index (χ2v) is 6.13. The van der Waals surface area contributed by atoms with Gasteiger partial charge in [0.2, 0.25) is 5.91 Å². The lowest BCUT2D eigenvalue weighted by molar-refractivity contribution is -0.122. The lowest BCUT2D eigenvalue weighted by atomic mass is 9.85. The fourth-order valence-electron chi connectivity index (χ4n) is 2.77. The topological polar surface area (TPSA) is 58.6 Å². The summed E-state index contributed by atoms with van der Waals surface area (Å²) in [6.07, 6.45) is 4.92. The summed E-state index contributed by atoms with van der Waals surface area (Å²) in [4.78, 5) is 12.1. The van der Waals surface area contributed by atoms with Crippen LogP contribution in [0.15, 0.2) is 18.2 Å². The minimum Gasteiger partial charge on any atom is -0.496 e. The molecule has 0 aliphatic heterocycles. The largest absolute Gasteiger partial charge is 0.496 e. The highest BCUT2D eigenvalue weighted by Crippen LogP contribution is 2.27. The highest BCUT2D eigenvalue weighted by atomic mass is 35.5. The Bertz CT molecular complexity index is 498. The zero-order valence-electron chi connectivity index (χ0n) is 12.3. The van der Waals surface area contributed by atoms with E-state index in [4.69, 9.17) is 16.3 Å². The number of carbonyl (C=O) groups excluding carboxylic acids is 1. The fraction of sp³-hybridized carbons (Fsp3) is 0.562. The molecule has 0 radical (unpaired) electrons. The van der Waals surface area contributed by atoms with Crippen molar-refractivity contribution in [3.8, 4) is 5.75 Å². The SMILES string of the molecule is COc1ccc(Cl)cc1CC(=O)NCC1(O)CCCCC1. The minimum absolute atomic E-state index is 0.130. The number of hydrogen-bond acceptors (Lipinski definition) is 3. The van der Waals surface area contributed by atoms with Crippen LogP contribution in [-0.4, -0.2) is 30.3 Å². The van der Waals surface area contributed by atoms with E-state index in [0.29, 0.717) is 17.3 Å². The van der Waals surface area contributed by atoms with Gasteiger partial charge in [0.05, 0.1) is 19.1 Å². The first-order chi connectivity index (χ1) is 10.0. The molecule has 0 bridgehead atoms. The normalized spacial score (nSPS) is 17.3. The quantitative estimate of drug-likeness (QED) is 0.879. The van der Waals surface area contributed by atoms with Gasteiger partial charge in [-0.05, 0) is 31.0 Å². The minimum atomic E-state index is -0.744. The van der Waals surface area contributed by atoms with Crippen LogP contribution < -0.4 is 10.1 Å². The van der Waals surface area contributed by atoms with Gasteiger partial charge in [-0.2, -0.15) is 0 Å². The fourth-order valence-corrected chi connectivity index (χ4v) is 2.97. The molecule has 1 aromatic rings. The number of ether oxygens (including phenoxy) is 1. The van der Waals surface area contributed by atoms with E-state index in [1.807, 2.05) is 0 Å². The van der Waals surface area contributed by atoms with Crippen molar-refractivity contribution in [1.29, 1.82) is 0 Å². The molecule has 21 heavy (non-hydrogen) atoms. The molecular formula is C16H22ClNO3. The lowest BCUT2D eigenvalue weighted by Crippen LogP contribution is -2.44. The molecule has 1 aliphatic rings. The van der Waals surface area contributed by atoms with Crippen LogP contribution in [0.2, 0.25) is 5.02 Å². The molecule has 1 amide bonds. The van der Waals surface area contributed by atoms with Crippen LogP contribution in [-0.2, 0) is 11.2 Å². The van der Waals surface area contributed by atoms with Gasteiger partial charge in [0.15, 0.2) is 0 Å². The molecule has 4 nitrogen and oxygen atoms in total. The van der Waals surface area contributed by atoms with Crippen molar-refractivity contribution in [1.82, 2.24) is 5.32 Å². The molecule has 0 atom stereocenters. The summed E-state index contributed by atoms with van der Waals surface area (Å²) in [5.74, 6) is 0.514. The van der Waals surface area contributed by atoms with Crippen molar-refractivity contribution in [2.45, 2.75) is 44.1 Å². The number of methoxy groups -OCH3 is 1. The van der Waals surface area contributed by atoms with Gasteiger partial charge < -0.3 is 15.2 Å². The first-order valence-corrected chi connectivity index (χ1v) is 7.72. The lowest BCUT2D eigenvalue weighted by Gasteiger charge is -2.32. The zero-order chi connectivity index (χ0) is 15.3. The van der Waals surface area contributed by atoms with Gasteiger partial charge in [0.25, 0.3) is 0 Å². The second kappa shape index (κ2) is 7.14. The number of rotatable bonds is 5. The van der Waals surface area contributed by atoms with Crippen molar-refractivity contribution < 1.29 is 14.6 Å². The van der Waals surface area contributed by atoms with Crippen LogP contribution in [0.25, 0.3) is 0 Å². The first-order valence-electron chi connectivity index (χ1n) is 7.34. The summed E-state index contributed by atoms with van der Waals surface area (Å²) in [6, 6.07) is 5.21. The molecule has 2 rings (SSSR count). The Morgan fingerprint density at radius 3 is 2.76 bits per heavy atom. The number of aliphatic hydroxyl groups is 1. The monoisotopic (exact) mass is 311 g/mol. The van der Waals surface area contributed by atoms with E-state index >= 15 is 0 Å². The standard InChI is InChI=1S/C16H22ClNO3/c1-21-14-6-5-13(17)9-12(14)10-15(19)18-11-16(20)7-3-2-4-8-16/h5-6,9,20H,2-4,7-8,10-11H2,1H3,(H,18,19). The van der Waals surface area contributed by atoms with Gasteiger partial charge in [-0.25, -0.2) is 0 Å². The molecule has 1 aliphatic carbocycles. The van der Waals surface area contributed by atoms with E-state index in [2.05, 4.69) is 5.32 Å². The van der Waals surface area contributed by atoms with Gasteiger partial charge in [-0.15, -0.1) is 0 Å². The van der Waals surface area contributed by atoms with Gasteiger partial charge in [-0.3, -0.25) is 4.79 Å². The zero-order valence-corrected chi connectivity index (χ0v) is 13.1. The number of nitrogens with one attached hydrogen (secondary N) is 1. The molecule has 1 saturated carbocycles. The predicted molar refractivity (Wildman–Crippen MR) is 82.8 cm³/mol. The summed E-state index contributed by atoms with van der Waals surface area (Å²) in [6.45, 7) is 0.314. The Labute approximate surface area is 130 Å². The third kappa shape index (κ3) is 4.61. The van der Waals surface area contributed by atoms with Crippen LogP contribution in [0.1, 0.15) is 37.7 Å². The van der Waals surface area contributed by atoms with Crippen LogP contribution in [0.5, 0.6) is 5.75 Å². The molecule has 0 heterocycles. The Hall–Kier alpha value is -1.26. The van der Waals surface area contributed by atoms with E-state index < -0.39 is 5.60 Å². The summed E-state index contributed by atoms with van der Waals surface area (Å²) in [5.41, 5.74) is 0.00455. The molecule has 1 aromatic carbocycles. The van der Waals surface area contributed by atoms with Crippen molar-refractivity contribution in [2.24, 2.45) is 0 Å². The second-order valence-electron chi connectivity index (χ2n) is 5.69. The number of halogens is 1. The van der Waals surface area contributed by atoms with Crippen LogP contribution in [0.3, 0.4) is 0 Å². The summed E-state index contributed by atoms with van der Waals surface area (Å²) in [7, 11) is 1.56. The molecule has 0 aromatic heterocycles. The van der Waals surface area contributed by atoms with E-state index in [0.717, 1.165) is 37.7 Å². The number of benzene rings is 1. The molecule has 1 fully saturated rings. The predicted octanol–water partition coefficient (Wildman–Crippen LogP) is 2.70. The molecule has 0 spiro atoms. The maximum atomic E-state index is 12.1.